The molecule has 1 aromatic heterocycles. The first-order chi connectivity index (χ1) is 17.5. The lowest BCUT2D eigenvalue weighted by atomic mass is 10.1. The number of carbonyl (C=O) groups is 1. The van der Waals surface area contributed by atoms with Crippen molar-refractivity contribution in [3.05, 3.63) is 100 Å². The van der Waals surface area contributed by atoms with Gasteiger partial charge in [-0.2, -0.15) is 0 Å². The largest absolute Gasteiger partial charge is 0.497 e. The molecular formula is C29H26ClNO5. The van der Waals surface area contributed by atoms with Gasteiger partial charge >= 0.3 is 5.97 Å². The maximum atomic E-state index is 11.7. The van der Waals surface area contributed by atoms with E-state index in [1.54, 1.807) is 12.1 Å². The average molecular weight is 504 g/mol. The Balaban J connectivity index is 1.52. The first-order valence-electron chi connectivity index (χ1n) is 11.5. The summed E-state index contributed by atoms with van der Waals surface area (Å²) in [7, 11) is 1.49. The summed E-state index contributed by atoms with van der Waals surface area (Å²) in [5.41, 5.74) is 3.58. The number of nitrogens with zero attached hydrogens (tertiary/aromatic N) is 1. The predicted molar refractivity (Wildman–Crippen MR) is 142 cm³/mol. The second-order valence-corrected chi connectivity index (χ2v) is 8.44. The zero-order valence-electron chi connectivity index (χ0n) is 20.0. The number of aromatic nitrogens is 1. The standard InChI is InChI=1S/C29H26ClNO5/c1-3-35-28(18-36-27-14-13-24(34-2)17-25(27)29(32)33)21-6-4-5-19(15-21)7-11-23-12-9-20-8-10-22(30)16-26(20)31-23/h4-17,28H,3,18H2,1-2H3,(H,32,33)/b11-7+/t28-/m1/s1. The van der Waals surface area contributed by atoms with Gasteiger partial charge in [-0.05, 0) is 66.6 Å². The third kappa shape index (κ3) is 6.22. The van der Waals surface area contributed by atoms with Crippen LogP contribution in [-0.4, -0.2) is 36.4 Å². The van der Waals surface area contributed by atoms with Crippen molar-refractivity contribution in [2.24, 2.45) is 0 Å². The highest BCUT2D eigenvalue weighted by molar-refractivity contribution is 6.31. The molecule has 1 atom stereocenters. The van der Waals surface area contributed by atoms with Gasteiger partial charge in [0.1, 0.15) is 29.8 Å². The molecule has 4 rings (SSSR count). The van der Waals surface area contributed by atoms with Crippen LogP contribution in [0.25, 0.3) is 23.1 Å². The Labute approximate surface area is 214 Å². The zero-order valence-corrected chi connectivity index (χ0v) is 20.7. The Kier molecular flexibility index (Phi) is 8.21. The molecule has 0 unspecified atom stereocenters. The number of carboxylic acid groups (broad SMARTS) is 1. The molecule has 0 aliphatic rings. The normalized spacial score (nSPS) is 12.1. The van der Waals surface area contributed by atoms with Gasteiger partial charge in [-0.1, -0.05) is 48.0 Å². The third-order valence-electron chi connectivity index (χ3n) is 5.58. The molecule has 0 saturated heterocycles. The summed E-state index contributed by atoms with van der Waals surface area (Å²) in [6.45, 7) is 2.54. The molecule has 3 aromatic carbocycles. The maximum Gasteiger partial charge on any atom is 0.339 e. The number of benzene rings is 3. The number of rotatable bonds is 10. The van der Waals surface area contributed by atoms with Crippen molar-refractivity contribution in [1.29, 1.82) is 0 Å². The minimum atomic E-state index is -1.09. The number of halogens is 1. The third-order valence-corrected chi connectivity index (χ3v) is 5.81. The first kappa shape index (κ1) is 25.2. The molecule has 0 aliphatic carbocycles. The summed E-state index contributed by atoms with van der Waals surface area (Å²) in [5, 5.41) is 11.2. The molecule has 0 bridgehead atoms. The first-order valence-corrected chi connectivity index (χ1v) is 11.8. The summed E-state index contributed by atoms with van der Waals surface area (Å²) >= 11 is 6.10. The van der Waals surface area contributed by atoms with Gasteiger partial charge < -0.3 is 19.3 Å². The molecule has 0 aliphatic heterocycles. The second kappa shape index (κ2) is 11.7. The topological polar surface area (TPSA) is 77.9 Å². The van der Waals surface area contributed by atoms with Crippen molar-refractivity contribution < 1.29 is 24.1 Å². The van der Waals surface area contributed by atoms with E-state index in [0.717, 1.165) is 27.7 Å². The van der Waals surface area contributed by atoms with Crippen LogP contribution in [0.1, 0.15) is 40.2 Å². The van der Waals surface area contributed by atoms with Gasteiger partial charge in [0.05, 0.1) is 18.3 Å². The van der Waals surface area contributed by atoms with Crippen LogP contribution in [0.3, 0.4) is 0 Å². The highest BCUT2D eigenvalue weighted by Crippen LogP contribution is 2.27. The van der Waals surface area contributed by atoms with Crippen LogP contribution in [0, 0.1) is 0 Å². The molecule has 36 heavy (non-hydrogen) atoms. The Morgan fingerprint density at radius 1 is 1.06 bits per heavy atom. The number of ether oxygens (including phenoxy) is 3. The lowest BCUT2D eigenvalue weighted by Crippen LogP contribution is -2.15. The van der Waals surface area contributed by atoms with Crippen molar-refractivity contribution in [1.82, 2.24) is 4.98 Å². The predicted octanol–water partition coefficient (Wildman–Crippen LogP) is 6.92. The maximum absolute atomic E-state index is 11.7. The summed E-state index contributed by atoms with van der Waals surface area (Å²) in [6.07, 6.45) is 3.55. The van der Waals surface area contributed by atoms with Crippen LogP contribution in [0.4, 0.5) is 0 Å². The van der Waals surface area contributed by atoms with Gasteiger partial charge in [-0.3, -0.25) is 0 Å². The van der Waals surface area contributed by atoms with Gasteiger partial charge in [-0.15, -0.1) is 0 Å². The van der Waals surface area contributed by atoms with E-state index in [2.05, 4.69) is 4.98 Å². The van der Waals surface area contributed by atoms with Crippen molar-refractivity contribution in [3.63, 3.8) is 0 Å². The number of aromatic carboxylic acids is 1. The van der Waals surface area contributed by atoms with E-state index in [1.165, 1.54) is 13.2 Å². The SMILES string of the molecule is CCO[C@H](COc1ccc(OC)cc1C(=O)O)c1cccc(/C=C/c2ccc3ccc(Cl)cc3n2)c1. The van der Waals surface area contributed by atoms with E-state index >= 15 is 0 Å². The van der Waals surface area contributed by atoms with Crippen LogP contribution in [0.5, 0.6) is 11.5 Å². The smallest absolute Gasteiger partial charge is 0.339 e. The Morgan fingerprint density at radius 2 is 1.89 bits per heavy atom. The van der Waals surface area contributed by atoms with E-state index in [4.69, 9.17) is 25.8 Å². The molecule has 4 aromatic rings. The van der Waals surface area contributed by atoms with Gasteiger partial charge in [-0.25, -0.2) is 9.78 Å². The Morgan fingerprint density at radius 3 is 2.67 bits per heavy atom. The summed E-state index contributed by atoms with van der Waals surface area (Å²) in [6, 6.07) is 22.2. The van der Waals surface area contributed by atoms with Crippen molar-refractivity contribution in [2.45, 2.75) is 13.0 Å². The molecule has 184 valence electrons. The van der Waals surface area contributed by atoms with Crippen LogP contribution in [0.15, 0.2) is 72.8 Å². The summed E-state index contributed by atoms with van der Waals surface area (Å²) in [4.78, 5) is 16.3. The molecule has 1 heterocycles. The van der Waals surface area contributed by atoms with Crippen LogP contribution in [0.2, 0.25) is 5.02 Å². The van der Waals surface area contributed by atoms with Gasteiger partial charge in [0.15, 0.2) is 0 Å². The van der Waals surface area contributed by atoms with Crippen molar-refractivity contribution in [3.8, 4) is 11.5 Å². The Hall–Kier alpha value is -3.87. The van der Waals surface area contributed by atoms with E-state index < -0.39 is 5.97 Å². The number of methoxy groups -OCH3 is 1. The molecule has 0 spiro atoms. The lowest BCUT2D eigenvalue weighted by molar-refractivity contribution is 0.0260. The number of hydrogen-bond donors (Lipinski definition) is 1. The van der Waals surface area contributed by atoms with Gasteiger partial charge in [0, 0.05) is 17.0 Å². The fourth-order valence-electron chi connectivity index (χ4n) is 3.78. The fourth-order valence-corrected chi connectivity index (χ4v) is 3.95. The number of fused-ring (bicyclic) bond motifs is 1. The van der Waals surface area contributed by atoms with Crippen molar-refractivity contribution >= 4 is 40.6 Å². The number of pyridine rings is 1. The minimum absolute atomic E-state index is 0.0328. The van der Waals surface area contributed by atoms with E-state index in [-0.39, 0.29) is 24.0 Å². The molecule has 7 heteroatoms. The molecule has 0 amide bonds. The van der Waals surface area contributed by atoms with Crippen molar-refractivity contribution in [2.75, 3.05) is 20.3 Å². The van der Waals surface area contributed by atoms with Crippen LogP contribution in [-0.2, 0) is 4.74 Å². The molecule has 0 radical (unpaired) electrons. The Bertz CT molecular complexity index is 1400. The molecule has 0 saturated carbocycles. The van der Waals surface area contributed by atoms with Gasteiger partial charge in [0.2, 0.25) is 0 Å². The number of hydrogen-bond acceptors (Lipinski definition) is 5. The van der Waals surface area contributed by atoms with Gasteiger partial charge in [0.25, 0.3) is 0 Å². The molecule has 0 fully saturated rings. The summed E-state index contributed by atoms with van der Waals surface area (Å²) < 4.78 is 16.9. The minimum Gasteiger partial charge on any atom is -0.497 e. The van der Waals surface area contributed by atoms with E-state index in [1.807, 2.05) is 73.7 Å². The monoisotopic (exact) mass is 503 g/mol. The quantitative estimate of drug-likeness (QED) is 0.253. The molecular weight excluding hydrogens is 478 g/mol. The molecule has 1 N–H and O–H groups in total. The molecule has 6 nitrogen and oxygen atoms in total. The summed E-state index contributed by atoms with van der Waals surface area (Å²) in [5.74, 6) is -0.385. The number of carboxylic acids is 1. The highest BCUT2D eigenvalue weighted by atomic mass is 35.5. The lowest BCUT2D eigenvalue weighted by Gasteiger charge is -2.19. The van der Waals surface area contributed by atoms with E-state index in [0.29, 0.717) is 17.4 Å². The second-order valence-electron chi connectivity index (χ2n) is 8.00. The fraction of sp³-hybridized carbons (Fsp3) is 0.172. The zero-order chi connectivity index (χ0) is 25.5. The van der Waals surface area contributed by atoms with Crippen LogP contribution < -0.4 is 9.47 Å². The van der Waals surface area contributed by atoms with E-state index in [9.17, 15) is 9.90 Å². The average Bonchev–Trinajstić information content (AvgIpc) is 2.89. The highest BCUT2D eigenvalue weighted by Gasteiger charge is 2.17. The van der Waals surface area contributed by atoms with Crippen LogP contribution >= 0.6 is 11.6 Å².